The van der Waals surface area contributed by atoms with Crippen molar-refractivity contribution in [3.63, 3.8) is 0 Å². The lowest BCUT2D eigenvalue weighted by Gasteiger charge is -2.33. The van der Waals surface area contributed by atoms with E-state index in [1.54, 1.807) is 81.4 Å². The van der Waals surface area contributed by atoms with E-state index < -0.39 is 35.7 Å². The average molecular weight is 587 g/mol. The second-order valence-corrected chi connectivity index (χ2v) is 11.1. The highest BCUT2D eigenvalue weighted by Gasteiger charge is 2.36. The Bertz CT molecular complexity index is 1470. The van der Waals surface area contributed by atoms with Crippen molar-refractivity contribution in [3.8, 4) is 0 Å². The van der Waals surface area contributed by atoms with Crippen LogP contribution in [-0.2, 0) is 33.7 Å². The number of aliphatic carboxylic acids is 1. The second kappa shape index (κ2) is 14.1. The lowest BCUT2D eigenvalue weighted by Crippen LogP contribution is -2.55. The van der Waals surface area contributed by atoms with Gasteiger partial charge in [-0.15, -0.1) is 0 Å². The molecule has 0 saturated carbocycles. The number of nitrogens with zero attached hydrogens (tertiary/aromatic N) is 1. The van der Waals surface area contributed by atoms with E-state index in [4.69, 9.17) is 27.0 Å². The Morgan fingerprint density at radius 1 is 0.837 bits per heavy atom. The van der Waals surface area contributed by atoms with E-state index in [1.807, 2.05) is 18.2 Å². The summed E-state index contributed by atoms with van der Waals surface area (Å²) in [6.07, 6.45) is -0.808. The topological polar surface area (TPSA) is 196 Å². The normalized spacial score (nSPS) is 12.4. The fourth-order valence-electron chi connectivity index (χ4n) is 4.45. The lowest BCUT2D eigenvalue weighted by molar-refractivity contribution is -0.151. The van der Waals surface area contributed by atoms with Gasteiger partial charge in [-0.2, -0.15) is 0 Å². The van der Waals surface area contributed by atoms with Gasteiger partial charge in [0.1, 0.15) is 29.4 Å². The van der Waals surface area contributed by atoms with Gasteiger partial charge in [-0.25, -0.2) is 9.59 Å². The average Bonchev–Trinajstić information content (AvgIpc) is 2.94. The third-order valence-electron chi connectivity index (χ3n) is 6.50. The van der Waals surface area contributed by atoms with Gasteiger partial charge in [0, 0.05) is 30.5 Å². The standard InChI is InChI=1S/C32H38N6O5/c1-32(2,3)43-31(42)37-25(17-20-8-5-4-6-9-20)29(39)38(19-21-12-14-23(15-13-21)27(33)34)26(30(40)41)18-22-10-7-11-24(16-22)28(35)36/h4-16,25-26H,17-19H2,1-3H3,(H3,33,34)(H3,35,36)(H,37,42)(H,40,41)/t25-,26?/m1/s1. The van der Waals surface area contributed by atoms with E-state index in [1.165, 1.54) is 4.90 Å². The fraction of sp³-hybridized carbons (Fsp3) is 0.281. The molecule has 0 spiro atoms. The number of rotatable bonds is 12. The van der Waals surface area contributed by atoms with Crippen LogP contribution in [-0.4, -0.2) is 57.3 Å². The minimum absolute atomic E-state index is 0.0851. The Kier molecular flexibility index (Phi) is 10.6. The van der Waals surface area contributed by atoms with Crippen molar-refractivity contribution in [2.45, 2.75) is 57.8 Å². The van der Waals surface area contributed by atoms with Crippen molar-refractivity contribution < 1.29 is 24.2 Å². The van der Waals surface area contributed by atoms with Gasteiger partial charge in [0.15, 0.2) is 0 Å². The predicted molar refractivity (Wildman–Crippen MR) is 164 cm³/mol. The molecule has 3 aromatic rings. The summed E-state index contributed by atoms with van der Waals surface area (Å²) < 4.78 is 5.43. The summed E-state index contributed by atoms with van der Waals surface area (Å²) in [6, 6.07) is 19.8. The summed E-state index contributed by atoms with van der Waals surface area (Å²) in [4.78, 5) is 41.2. The molecule has 0 saturated heterocycles. The Balaban J connectivity index is 2.05. The van der Waals surface area contributed by atoms with Crippen molar-refractivity contribution in [3.05, 3.63) is 107 Å². The molecule has 0 aliphatic carbocycles. The molecule has 0 aliphatic heterocycles. The van der Waals surface area contributed by atoms with Gasteiger partial charge in [-0.3, -0.25) is 15.6 Å². The van der Waals surface area contributed by atoms with Crippen LogP contribution >= 0.6 is 0 Å². The van der Waals surface area contributed by atoms with Crippen molar-refractivity contribution in [2.24, 2.45) is 11.5 Å². The van der Waals surface area contributed by atoms with E-state index >= 15 is 0 Å². The van der Waals surface area contributed by atoms with Crippen molar-refractivity contribution >= 4 is 29.6 Å². The number of nitrogens with two attached hydrogens (primary N) is 2. The SMILES string of the molecule is CC(C)(C)OC(=O)N[C@H](Cc1ccccc1)C(=O)N(Cc1ccc(C(=N)N)cc1)C(Cc1cccc(C(=N)N)c1)C(=O)O. The monoisotopic (exact) mass is 586 g/mol. The number of amides is 2. The maximum Gasteiger partial charge on any atom is 0.408 e. The van der Waals surface area contributed by atoms with Gasteiger partial charge in [0.05, 0.1) is 0 Å². The molecule has 2 amide bonds. The van der Waals surface area contributed by atoms with Gasteiger partial charge in [-0.05, 0) is 43.5 Å². The smallest absolute Gasteiger partial charge is 0.408 e. The first kappa shape index (κ1) is 32.3. The molecule has 2 atom stereocenters. The largest absolute Gasteiger partial charge is 0.480 e. The highest BCUT2D eigenvalue weighted by Crippen LogP contribution is 2.19. The Labute approximate surface area is 250 Å². The number of carboxylic acid groups (broad SMARTS) is 1. The molecule has 11 nitrogen and oxygen atoms in total. The summed E-state index contributed by atoms with van der Waals surface area (Å²) in [6.45, 7) is 5.00. The number of hydrogen-bond acceptors (Lipinski definition) is 6. The van der Waals surface area contributed by atoms with Crippen LogP contribution in [0, 0.1) is 10.8 Å². The molecule has 0 aliphatic rings. The molecule has 0 radical (unpaired) electrons. The number of alkyl carbamates (subject to hydrolysis) is 1. The van der Waals surface area contributed by atoms with Crippen molar-refractivity contribution in [1.82, 2.24) is 10.2 Å². The summed E-state index contributed by atoms with van der Waals surface area (Å²) in [7, 11) is 0. The van der Waals surface area contributed by atoms with Crippen LogP contribution in [0.3, 0.4) is 0 Å². The van der Waals surface area contributed by atoms with Crippen LogP contribution in [0.4, 0.5) is 4.79 Å². The third kappa shape index (κ3) is 9.70. The van der Waals surface area contributed by atoms with E-state index in [0.717, 1.165) is 5.56 Å². The van der Waals surface area contributed by atoms with E-state index in [9.17, 15) is 19.5 Å². The molecule has 11 heteroatoms. The molecule has 1 unspecified atom stereocenters. The minimum atomic E-state index is -1.35. The van der Waals surface area contributed by atoms with Crippen LogP contribution in [0.5, 0.6) is 0 Å². The summed E-state index contributed by atoms with van der Waals surface area (Å²) in [5.41, 5.74) is 13.2. The van der Waals surface area contributed by atoms with Crippen molar-refractivity contribution in [1.29, 1.82) is 10.8 Å². The van der Waals surface area contributed by atoms with Gasteiger partial charge in [0.25, 0.3) is 0 Å². The van der Waals surface area contributed by atoms with Crippen LogP contribution in [0.15, 0.2) is 78.9 Å². The molecular weight excluding hydrogens is 548 g/mol. The highest BCUT2D eigenvalue weighted by molar-refractivity contribution is 5.95. The Hall–Kier alpha value is -5.19. The van der Waals surface area contributed by atoms with Crippen LogP contribution in [0.25, 0.3) is 0 Å². The second-order valence-electron chi connectivity index (χ2n) is 11.1. The number of amidine groups is 2. The quantitative estimate of drug-likeness (QED) is 0.138. The van der Waals surface area contributed by atoms with E-state index in [-0.39, 0.29) is 31.1 Å². The molecule has 3 aromatic carbocycles. The number of ether oxygens (including phenoxy) is 1. The zero-order valence-electron chi connectivity index (χ0n) is 24.5. The first-order valence-electron chi connectivity index (χ1n) is 13.7. The zero-order valence-corrected chi connectivity index (χ0v) is 24.5. The molecular formula is C32H38N6O5. The maximum atomic E-state index is 14.3. The predicted octanol–water partition coefficient (Wildman–Crippen LogP) is 3.42. The first-order chi connectivity index (χ1) is 20.2. The van der Waals surface area contributed by atoms with Gasteiger partial charge in [-0.1, -0.05) is 72.8 Å². The van der Waals surface area contributed by atoms with Gasteiger partial charge in [0.2, 0.25) is 5.91 Å². The number of carboxylic acids is 1. The van der Waals surface area contributed by atoms with Crippen molar-refractivity contribution in [2.75, 3.05) is 0 Å². The number of nitrogen functional groups attached to an aromatic ring is 2. The molecule has 8 N–H and O–H groups in total. The summed E-state index contributed by atoms with van der Waals surface area (Å²) in [5.74, 6) is -2.17. The lowest BCUT2D eigenvalue weighted by atomic mass is 9.99. The third-order valence-corrected chi connectivity index (χ3v) is 6.50. The van der Waals surface area contributed by atoms with Gasteiger partial charge < -0.3 is 31.5 Å². The molecule has 0 heterocycles. The van der Waals surface area contributed by atoms with Crippen LogP contribution in [0.1, 0.15) is 48.6 Å². The molecule has 0 bridgehead atoms. The molecule has 0 fully saturated rings. The molecule has 0 aromatic heterocycles. The Morgan fingerprint density at radius 2 is 1.44 bits per heavy atom. The van der Waals surface area contributed by atoms with Gasteiger partial charge >= 0.3 is 12.1 Å². The summed E-state index contributed by atoms with van der Waals surface area (Å²) in [5, 5.41) is 28.5. The van der Waals surface area contributed by atoms with E-state index in [0.29, 0.717) is 22.3 Å². The van der Waals surface area contributed by atoms with Crippen LogP contribution < -0.4 is 16.8 Å². The molecule has 3 rings (SSSR count). The first-order valence-corrected chi connectivity index (χ1v) is 13.7. The highest BCUT2D eigenvalue weighted by atomic mass is 16.6. The number of nitrogens with one attached hydrogen (secondary N) is 3. The molecule has 226 valence electrons. The maximum absolute atomic E-state index is 14.3. The zero-order chi connectivity index (χ0) is 31.7. The Morgan fingerprint density at radius 3 is 2.00 bits per heavy atom. The summed E-state index contributed by atoms with van der Waals surface area (Å²) >= 11 is 0. The number of carbonyl (C=O) groups is 3. The number of carbonyl (C=O) groups excluding carboxylic acids is 2. The van der Waals surface area contributed by atoms with E-state index in [2.05, 4.69) is 5.32 Å². The fourth-order valence-corrected chi connectivity index (χ4v) is 4.45. The number of benzene rings is 3. The minimum Gasteiger partial charge on any atom is -0.480 e. The molecule has 43 heavy (non-hydrogen) atoms. The number of hydrogen-bond donors (Lipinski definition) is 6. The van der Waals surface area contributed by atoms with Crippen LogP contribution in [0.2, 0.25) is 0 Å².